The van der Waals surface area contributed by atoms with Crippen LogP contribution in [0.15, 0.2) is 35.4 Å². The van der Waals surface area contributed by atoms with Gasteiger partial charge in [0.25, 0.3) is 0 Å². The summed E-state index contributed by atoms with van der Waals surface area (Å²) in [7, 11) is 0. The van der Waals surface area contributed by atoms with Crippen LogP contribution in [0.25, 0.3) is 0 Å². The van der Waals surface area contributed by atoms with Crippen molar-refractivity contribution in [3.05, 3.63) is 46.5 Å². The van der Waals surface area contributed by atoms with E-state index >= 15 is 0 Å². The summed E-state index contributed by atoms with van der Waals surface area (Å²) >= 11 is 1.64. The lowest BCUT2D eigenvalue weighted by Crippen LogP contribution is -2.20. The van der Waals surface area contributed by atoms with E-state index in [0.717, 1.165) is 21.9 Å². The molecule has 1 N–H and O–H groups in total. The number of hydroxylamine groups is 1. The van der Waals surface area contributed by atoms with Crippen molar-refractivity contribution >= 4 is 11.8 Å². The van der Waals surface area contributed by atoms with Crippen molar-refractivity contribution in [2.45, 2.75) is 25.2 Å². The third-order valence-corrected chi connectivity index (χ3v) is 3.38. The highest BCUT2D eigenvalue weighted by atomic mass is 32.2. The quantitative estimate of drug-likeness (QED) is 0.890. The summed E-state index contributed by atoms with van der Waals surface area (Å²) in [6.45, 7) is 3.99. The molecule has 88 valence electrons. The molecule has 0 aromatic heterocycles. The fraction of sp³-hybridized carbons (Fsp3) is 0.308. The SMILES string of the molecule is CC1(C)C=C(SCc2ccccc2C#N)NO1. The molecule has 1 aromatic carbocycles. The van der Waals surface area contributed by atoms with Gasteiger partial charge in [-0.15, -0.1) is 11.8 Å². The van der Waals surface area contributed by atoms with E-state index in [1.54, 1.807) is 11.8 Å². The molecule has 0 spiro atoms. The van der Waals surface area contributed by atoms with Crippen LogP contribution in [0.5, 0.6) is 0 Å². The van der Waals surface area contributed by atoms with Gasteiger partial charge in [0.2, 0.25) is 0 Å². The summed E-state index contributed by atoms with van der Waals surface area (Å²) in [5, 5.41) is 9.98. The van der Waals surface area contributed by atoms with Crippen LogP contribution >= 0.6 is 11.8 Å². The summed E-state index contributed by atoms with van der Waals surface area (Å²) in [5.41, 5.74) is 4.43. The molecule has 0 saturated heterocycles. The van der Waals surface area contributed by atoms with E-state index < -0.39 is 0 Å². The number of hydrogen-bond acceptors (Lipinski definition) is 4. The second-order valence-electron chi connectivity index (χ2n) is 4.37. The van der Waals surface area contributed by atoms with Gasteiger partial charge in [-0.2, -0.15) is 5.26 Å². The van der Waals surface area contributed by atoms with E-state index in [2.05, 4.69) is 11.5 Å². The third kappa shape index (κ3) is 3.02. The number of benzene rings is 1. The predicted octanol–water partition coefficient (Wildman–Crippen LogP) is 2.95. The molecular weight excluding hydrogens is 232 g/mol. The average Bonchev–Trinajstić information content (AvgIpc) is 2.67. The minimum absolute atomic E-state index is 0.253. The van der Waals surface area contributed by atoms with Crippen molar-refractivity contribution in [3.63, 3.8) is 0 Å². The van der Waals surface area contributed by atoms with Crippen LogP contribution in [0.4, 0.5) is 0 Å². The molecule has 1 heterocycles. The monoisotopic (exact) mass is 246 g/mol. The Balaban J connectivity index is 2.02. The zero-order valence-corrected chi connectivity index (χ0v) is 10.7. The molecule has 2 rings (SSSR count). The number of thioether (sulfide) groups is 1. The first-order valence-corrected chi connectivity index (χ1v) is 6.37. The Morgan fingerprint density at radius 3 is 2.82 bits per heavy atom. The van der Waals surface area contributed by atoms with Gasteiger partial charge in [-0.3, -0.25) is 10.3 Å². The first-order chi connectivity index (χ1) is 8.11. The van der Waals surface area contributed by atoms with Gasteiger partial charge in [-0.1, -0.05) is 18.2 Å². The van der Waals surface area contributed by atoms with E-state index in [9.17, 15) is 0 Å². The fourth-order valence-electron chi connectivity index (χ4n) is 1.54. The minimum atomic E-state index is -0.253. The lowest BCUT2D eigenvalue weighted by molar-refractivity contribution is -0.0126. The van der Waals surface area contributed by atoms with Crippen molar-refractivity contribution in [3.8, 4) is 6.07 Å². The van der Waals surface area contributed by atoms with Gasteiger partial charge < -0.3 is 0 Å². The Kier molecular flexibility index (Phi) is 3.41. The highest BCUT2D eigenvalue weighted by molar-refractivity contribution is 8.02. The van der Waals surface area contributed by atoms with Crippen LogP contribution in [0.1, 0.15) is 25.0 Å². The summed E-state index contributed by atoms with van der Waals surface area (Å²) in [4.78, 5) is 5.37. The molecule has 0 bridgehead atoms. The van der Waals surface area contributed by atoms with Crippen LogP contribution < -0.4 is 5.48 Å². The van der Waals surface area contributed by atoms with Crippen molar-refractivity contribution < 1.29 is 4.84 Å². The minimum Gasteiger partial charge on any atom is -0.265 e. The van der Waals surface area contributed by atoms with Crippen LogP contribution in [-0.2, 0) is 10.6 Å². The van der Waals surface area contributed by atoms with Crippen LogP contribution in [0, 0.1) is 11.3 Å². The van der Waals surface area contributed by atoms with Crippen LogP contribution in [0.2, 0.25) is 0 Å². The lowest BCUT2D eigenvalue weighted by Gasteiger charge is -2.11. The molecule has 0 amide bonds. The second kappa shape index (κ2) is 4.82. The van der Waals surface area contributed by atoms with Crippen LogP contribution in [-0.4, -0.2) is 5.60 Å². The number of hydrogen-bond donors (Lipinski definition) is 1. The van der Waals surface area contributed by atoms with E-state index in [1.165, 1.54) is 0 Å². The number of nitrogens with one attached hydrogen (secondary N) is 1. The van der Waals surface area contributed by atoms with Crippen molar-refractivity contribution in [1.82, 2.24) is 5.48 Å². The molecule has 0 saturated carbocycles. The molecule has 1 aliphatic heterocycles. The van der Waals surface area contributed by atoms with E-state index in [0.29, 0.717) is 0 Å². The maximum atomic E-state index is 8.98. The van der Waals surface area contributed by atoms with Gasteiger partial charge in [0.05, 0.1) is 16.7 Å². The Bertz CT molecular complexity index is 488. The first kappa shape index (κ1) is 12.0. The standard InChI is InChI=1S/C13H14N2OS/c1-13(2)7-12(15-16-13)17-9-11-6-4-3-5-10(11)8-14/h3-7,15H,9H2,1-2H3. The van der Waals surface area contributed by atoms with Crippen molar-refractivity contribution in [2.75, 3.05) is 0 Å². The Morgan fingerprint density at radius 1 is 1.41 bits per heavy atom. The molecule has 0 radical (unpaired) electrons. The van der Waals surface area contributed by atoms with Gasteiger partial charge in [0.15, 0.2) is 0 Å². The van der Waals surface area contributed by atoms with Gasteiger partial charge in [-0.05, 0) is 31.6 Å². The van der Waals surface area contributed by atoms with Crippen LogP contribution in [0.3, 0.4) is 0 Å². The highest BCUT2D eigenvalue weighted by Crippen LogP contribution is 2.28. The molecule has 17 heavy (non-hydrogen) atoms. The Morgan fingerprint density at radius 2 is 2.18 bits per heavy atom. The molecule has 3 nitrogen and oxygen atoms in total. The molecule has 0 fully saturated rings. The lowest BCUT2D eigenvalue weighted by atomic mass is 10.1. The van der Waals surface area contributed by atoms with Gasteiger partial charge in [0, 0.05) is 5.75 Å². The van der Waals surface area contributed by atoms with E-state index in [4.69, 9.17) is 10.1 Å². The number of nitrogens with zero attached hydrogens (tertiary/aromatic N) is 1. The summed E-state index contributed by atoms with van der Waals surface area (Å²) < 4.78 is 0. The molecular formula is C13H14N2OS. The first-order valence-electron chi connectivity index (χ1n) is 5.38. The maximum absolute atomic E-state index is 8.98. The Labute approximate surface area is 105 Å². The van der Waals surface area contributed by atoms with Gasteiger partial charge >= 0.3 is 0 Å². The maximum Gasteiger partial charge on any atom is 0.111 e. The molecule has 0 unspecified atom stereocenters. The molecule has 0 atom stereocenters. The van der Waals surface area contributed by atoms with Gasteiger partial charge in [0.1, 0.15) is 5.60 Å². The molecule has 1 aromatic rings. The second-order valence-corrected chi connectivity index (χ2v) is 5.39. The normalized spacial score (nSPS) is 17.1. The topological polar surface area (TPSA) is 45.0 Å². The summed E-state index contributed by atoms with van der Waals surface area (Å²) in [6, 6.07) is 9.86. The molecule has 0 aliphatic carbocycles. The largest absolute Gasteiger partial charge is 0.265 e. The van der Waals surface area contributed by atoms with Gasteiger partial charge in [-0.25, -0.2) is 0 Å². The van der Waals surface area contributed by atoms with Crippen molar-refractivity contribution in [1.29, 1.82) is 5.26 Å². The Hall–Kier alpha value is -1.44. The predicted molar refractivity (Wildman–Crippen MR) is 68.8 cm³/mol. The average molecular weight is 246 g/mol. The smallest absolute Gasteiger partial charge is 0.111 e. The molecule has 4 heteroatoms. The molecule has 1 aliphatic rings. The van der Waals surface area contributed by atoms with E-state index in [-0.39, 0.29) is 5.60 Å². The number of rotatable bonds is 3. The summed E-state index contributed by atoms with van der Waals surface area (Å²) in [5.74, 6) is 0.766. The highest BCUT2D eigenvalue weighted by Gasteiger charge is 2.24. The van der Waals surface area contributed by atoms with E-state index in [1.807, 2.05) is 44.2 Å². The zero-order valence-electron chi connectivity index (χ0n) is 9.86. The number of nitriles is 1. The fourth-order valence-corrected chi connectivity index (χ4v) is 2.57. The summed E-state index contributed by atoms with van der Waals surface area (Å²) in [6.07, 6.45) is 2.05. The van der Waals surface area contributed by atoms with Crippen molar-refractivity contribution in [2.24, 2.45) is 0 Å². The third-order valence-electron chi connectivity index (χ3n) is 2.41. The zero-order chi connectivity index (χ0) is 12.3.